The summed E-state index contributed by atoms with van der Waals surface area (Å²) in [6.07, 6.45) is 2.16. The van der Waals surface area contributed by atoms with E-state index in [1.165, 1.54) is 11.3 Å². The molecule has 0 aliphatic heterocycles. The average molecular weight is 402 g/mol. The van der Waals surface area contributed by atoms with Crippen LogP contribution in [0.25, 0.3) is 0 Å². The predicted octanol–water partition coefficient (Wildman–Crippen LogP) is 4.57. The van der Waals surface area contributed by atoms with Crippen molar-refractivity contribution in [1.29, 1.82) is 0 Å². The third kappa shape index (κ3) is 4.83. The second-order valence-corrected chi connectivity index (χ2v) is 8.39. The number of carbonyl (C=O) groups is 2. The summed E-state index contributed by atoms with van der Waals surface area (Å²) < 4.78 is 40.2. The number of hydrogen-bond donors (Lipinski definition) is 1. The Balaban J connectivity index is 1.93. The van der Waals surface area contributed by atoms with E-state index >= 15 is 0 Å². The highest BCUT2D eigenvalue weighted by Gasteiger charge is 2.49. The SMILES string of the molecule is O=C(NC1CCCC1)[C@H](c1cccs1)N(C(=O)C(F)(F)F)C1CCCCC1. The molecule has 0 saturated heterocycles. The lowest BCUT2D eigenvalue weighted by Crippen LogP contribution is -2.54. The summed E-state index contributed by atoms with van der Waals surface area (Å²) >= 11 is 1.22. The van der Waals surface area contributed by atoms with E-state index < -0.39 is 30.1 Å². The van der Waals surface area contributed by atoms with Gasteiger partial charge >= 0.3 is 12.1 Å². The van der Waals surface area contributed by atoms with Gasteiger partial charge < -0.3 is 10.2 Å². The molecule has 0 spiro atoms. The summed E-state index contributed by atoms with van der Waals surface area (Å²) in [6, 6.07) is 1.54. The van der Waals surface area contributed by atoms with E-state index in [-0.39, 0.29) is 6.04 Å². The highest BCUT2D eigenvalue weighted by molar-refractivity contribution is 7.10. The Bertz CT molecular complexity index is 636. The molecular weight excluding hydrogens is 377 g/mol. The van der Waals surface area contributed by atoms with Crippen molar-refractivity contribution in [3.8, 4) is 0 Å². The van der Waals surface area contributed by atoms with Crippen molar-refractivity contribution in [3.05, 3.63) is 22.4 Å². The molecule has 1 aromatic heterocycles. The molecule has 150 valence electrons. The van der Waals surface area contributed by atoms with Gasteiger partial charge in [-0.2, -0.15) is 13.2 Å². The first-order valence-corrected chi connectivity index (χ1v) is 10.5. The van der Waals surface area contributed by atoms with Crippen molar-refractivity contribution >= 4 is 23.2 Å². The summed E-state index contributed by atoms with van der Waals surface area (Å²) in [4.78, 5) is 26.7. The molecule has 0 bridgehead atoms. The molecule has 0 unspecified atom stereocenters. The van der Waals surface area contributed by atoms with Gasteiger partial charge in [-0.3, -0.25) is 9.59 Å². The maximum atomic E-state index is 13.4. The molecule has 8 heteroatoms. The molecule has 2 aliphatic carbocycles. The van der Waals surface area contributed by atoms with Gasteiger partial charge in [-0.15, -0.1) is 11.3 Å². The van der Waals surface area contributed by atoms with Crippen molar-refractivity contribution in [2.75, 3.05) is 0 Å². The number of alkyl halides is 3. The maximum absolute atomic E-state index is 13.4. The van der Waals surface area contributed by atoms with Crippen LogP contribution in [0.1, 0.15) is 68.7 Å². The molecule has 2 saturated carbocycles. The molecule has 4 nitrogen and oxygen atoms in total. The van der Waals surface area contributed by atoms with Crippen LogP contribution >= 0.6 is 11.3 Å². The summed E-state index contributed by atoms with van der Waals surface area (Å²) in [6.45, 7) is 0. The van der Waals surface area contributed by atoms with Crippen LogP contribution in [0.15, 0.2) is 17.5 Å². The Morgan fingerprint density at radius 3 is 2.26 bits per heavy atom. The maximum Gasteiger partial charge on any atom is 0.471 e. The van der Waals surface area contributed by atoms with E-state index in [1.54, 1.807) is 17.5 Å². The van der Waals surface area contributed by atoms with E-state index in [9.17, 15) is 22.8 Å². The zero-order chi connectivity index (χ0) is 19.4. The normalized spacial score (nSPS) is 20.4. The molecule has 0 radical (unpaired) electrons. The van der Waals surface area contributed by atoms with Crippen LogP contribution in [0.3, 0.4) is 0 Å². The van der Waals surface area contributed by atoms with E-state index in [0.29, 0.717) is 17.7 Å². The number of nitrogens with one attached hydrogen (secondary N) is 1. The second kappa shape index (κ2) is 8.63. The number of halogens is 3. The van der Waals surface area contributed by atoms with E-state index in [2.05, 4.69) is 5.32 Å². The smallest absolute Gasteiger partial charge is 0.351 e. The molecular formula is C19H25F3N2O2S. The Labute approximate surface area is 161 Å². The van der Waals surface area contributed by atoms with Gasteiger partial charge in [0.1, 0.15) is 6.04 Å². The Kier molecular flexibility index (Phi) is 6.44. The predicted molar refractivity (Wildman–Crippen MR) is 97.2 cm³/mol. The third-order valence-electron chi connectivity index (χ3n) is 5.49. The minimum Gasteiger partial charge on any atom is -0.351 e. The van der Waals surface area contributed by atoms with Gasteiger partial charge in [0.15, 0.2) is 0 Å². The molecule has 1 atom stereocenters. The topological polar surface area (TPSA) is 49.4 Å². The highest BCUT2D eigenvalue weighted by atomic mass is 32.1. The number of thiophene rings is 1. The zero-order valence-electron chi connectivity index (χ0n) is 15.1. The van der Waals surface area contributed by atoms with Crippen molar-refractivity contribution < 1.29 is 22.8 Å². The van der Waals surface area contributed by atoms with Gasteiger partial charge in [0.2, 0.25) is 5.91 Å². The summed E-state index contributed by atoms with van der Waals surface area (Å²) in [5.74, 6) is -2.40. The van der Waals surface area contributed by atoms with E-state index in [4.69, 9.17) is 0 Å². The van der Waals surface area contributed by atoms with Crippen LogP contribution in [-0.4, -0.2) is 35.0 Å². The first-order valence-electron chi connectivity index (χ1n) is 9.61. The monoisotopic (exact) mass is 402 g/mol. The minimum absolute atomic E-state index is 0.0193. The van der Waals surface area contributed by atoms with Gasteiger partial charge in [-0.05, 0) is 37.1 Å². The summed E-state index contributed by atoms with van der Waals surface area (Å²) in [5.41, 5.74) is 0. The van der Waals surface area contributed by atoms with Crippen LogP contribution in [0, 0.1) is 0 Å². The van der Waals surface area contributed by atoms with Gasteiger partial charge in [-0.1, -0.05) is 38.2 Å². The van der Waals surface area contributed by atoms with Crippen LogP contribution in [0.2, 0.25) is 0 Å². The fourth-order valence-corrected chi connectivity index (χ4v) is 5.01. The van der Waals surface area contributed by atoms with Gasteiger partial charge in [0, 0.05) is 17.0 Å². The highest BCUT2D eigenvalue weighted by Crippen LogP contribution is 2.36. The number of carbonyl (C=O) groups excluding carboxylic acids is 2. The van der Waals surface area contributed by atoms with E-state index in [0.717, 1.165) is 49.8 Å². The van der Waals surface area contributed by atoms with Crippen LogP contribution < -0.4 is 5.32 Å². The number of rotatable bonds is 5. The third-order valence-corrected chi connectivity index (χ3v) is 6.41. The molecule has 3 rings (SSSR count). The Morgan fingerprint density at radius 1 is 1.07 bits per heavy atom. The lowest BCUT2D eigenvalue weighted by Gasteiger charge is -2.39. The molecule has 1 N–H and O–H groups in total. The lowest BCUT2D eigenvalue weighted by atomic mass is 9.92. The second-order valence-electron chi connectivity index (χ2n) is 7.41. The molecule has 1 aromatic rings. The minimum atomic E-state index is -5.00. The Hall–Kier alpha value is -1.57. The summed E-state index contributed by atoms with van der Waals surface area (Å²) in [5, 5.41) is 4.62. The standard InChI is InChI=1S/C19H25F3N2O2S/c20-19(21,22)18(26)24(14-9-2-1-3-10-14)16(15-11-6-12-27-15)17(25)23-13-7-4-5-8-13/h6,11-14,16H,1-5,7-10H2,(H,23,25)/t16-/m0/s1. The Morgan fingerprint density at radius 2 is 1.70 bits per heavy atom. The molecule has 27 heavy (non-hydrogen) atoms. The fourth-order valence-electron chi connectivity index (χ4n) is 4.19. The summed E-state index contributed by atoms with van der Waals surface area (Å²) in [7, 11) is 0. The first kappa shape index (κ1) is 20.2. The van der Waals surface area contributed by atoms with Crippen LogP contribution in [-0.2, 0) is 9.59 Å². The number of hydrogen-bond acceptors (Lipinski definition) is 3. The van der Waals surface area contributed by atoms with Gasteiger partial charge in [-0.25, -0.2) is 0 Å². The molecule has 2 fully saturated rings. The molecule has 1 heterocycles. The fraction of sp³-hybridized carbons (Fsp3) is 0.684. The van der Waals surface area contributed by atoms with Crippen molar-refractivity contribution in [3.63, 3.8) is 0 Å². The first-order chi connectivity index (χ1) is 12.9. The molecule has 0 aromatic carbocycles. The van der Waals surface area contributed by atoms with Gasteiger partial charge in [0.25, 0.3) is 0 Å². The van der Waals surface area contributed by atoms with Crippen LogP contribution in [0.5, 0.6) is 0 Å². The average Bonchev–Trinajstić information content (AvgIpc) is 3.32. The number of amides is 2. The van der Waals surface area contributed by atoms with Crippen molar-refractivity contribution in [2.45, 2.75) is 82.1 Å². The van der Waals surface area contributed by atoms with Crippen LogP contribution in [0.4, 0.5) is 13.2 Å². The largest absolute Gasteiger partial charge is 0.471 e. The number of nitrogens with zero attached hydrogens (tertiary/aromatic N) is 1. The molecule has 2 amide bonds. The molecule has 2 aliphatic rings. The van der Waals surface area contributed by atoms with Gasteiger partial charge in [0.05, 0.1) is 0 Å². The lowest BCUT2D eigenvalue weighted by molar-refractivity contribution is -0.192. The van der Waals surface area contributed by atoms with Crippen molar-refractivity contribution in [1.82, 2.24) is 10.2 Å². The zero-order valence-corrected chi connectivity index (χ0v) is 16.0. The quantitative estimate of drug-likeness (QED) is 0.784. The van der Waals surface area contributed by atoms with E-state index in [1.807, 2.05) is 0 Å². The van der Waals surface area contributed by atoms with Crippen molar-refractivity contribution in [2.24, 2.45) is 0 Å².